The van der Waals surface area contributed by atoms with E-state index in [4.69, 9.17) is 0 Å². The maximum Gasteiger partial charge on any atom is 0.223 e. The zero-order valence-electron chi connectivity index (χ0n) is 17.0. The lowest BCUT2D eigenvalue weighted by Gasteiger charge is -2.19. The van der Waals surface area contributed by atoms with Crippen LogP contribution in [0.15, 0.2) is 60.7 Å². The summed E-state index contributed by atoms with van der Waals surface area (Å²) in [5, 5.41) is 3.23. The number of benzene rings is 2. The van der Waals surface area contributed by atoms with E-state index >= 15 is 0 Å². The fraction of sp³-hybridized carbons (Fsp3) is 0.480. The smallest absolute Gasteiger partial charge is 0.223 e. The predicted molar refractivity (Wildman–Crippen MR) is 115 cm³/mol. The number of hydrogen-bond acceptors (Lipinski definition) is 1. The quantitative estimate of drug-likeness (QED) is 0.505. The molecule has 0 fully saturated rings. The predicted octanol–water partition coefficient (Wildman–Crippen LogP) is 5.81. The van der Waals surface area contributed by atoms with Crippen molar-refractivity contribution in [1.29, 1.82) is 0 Å². The van der Waals surface area contributed by atoms with Crippen molar-refractivity contribution in [2.24, 2.45) is 11.8 Å². The van der Waals surface area contributed by atoms with Gasteiger partial charge >= 0.3 is 0 Å². The number of carbonyl (C=O) groups excluding carboxylic acids is 1. The van der Waals surface area contributed by atoms with Crippen LogP contribution in [0.5, 0.6) is 0 Å². The Morgan fingerprint density at radius 3 is 1.85 bits per heavy atom. The number of aryl methyl sites for hydroxylation is 2. The van der Waals surface area contributed by atoms with Crippen LogP contribution in [0.1, 0.15) is 57.1 Å². The summed E-state index contributed by atoms with van der Waals surface area (Å²) >= 11 is 0. The van der Waals surface area contributed by atoms with Crippen LogP contribution in [0.4, 0.5) is 0 Å². The minimum Gasteiger partial charge on any atom is -0.356 e. The lowest BCUT2D eigenvalue weighted by Crippen LogP contribution is -2.34. The normalized spacial score (nSPS) is 12.1. The lowest BCUT2D eigenvalue weighted by atomic mass is 9.92. The van der Waals surface area contributed by atoms with Gasteiger partial charge in [-0.3, -0.25) is 4.79 Å². The zero-order valence-corrected chi connectivity index (χ0v) is 17.0. The van der Waals surface area contributed by atoms with Crippen LogP contribution in [-0.4, -0.2) is 12.5 Å². The second-order valence-corrected chi connectivity index (χ2v) is 7.74. The third-order valence-corrected chi connectivity index (χ3v) is 5.29. The van der Waals surface area contributed by atoms with E-state index in [1.54, 1.807) is 0 Å². The summed E-state index contributed by atoms with van der Waals surface area (Å²) in [7, 11) is 0. The average molecular weight is 366 g/mol. The molecule has 0 aliphatic heterocycles. The molecule has 27 heavy (non-hydrogen) atoms. The highest BCUT2D eigenvalue weighted by molar-refractivity contribution is 5.78. The molecule has 1 N–H and O–H groups in total. The summed E-state index contributed by atoms with van der Waals surface area (Å²) in [5.41, 5.74) is 2.62. The molecule has 0 aliphatic rings. The molecule has 0 saturated heterocycles. The van der Waals surface area contributed by atoms with E-state index in [1.165, 1.54) is 30.4 Å². The highest BCUT2D eigenvalue weighted by Crippen LogP contribution is 2.17. The molecule has 0 aromatic heterocycles. The van der Waals surface area contributed by atoms with E-state index in [0.29, 0.717) is 5.92 Å². The van der Waals surface area contributed by atoms with Crippen molar-refractivity contribution in [2.45, 2.75) is 58.8 Å². The first-order valence-electron chi connectivity index (χ1n) is 10.5. The van der Waals surface area contributed by atoms with Crippen molar-refractivity contribution in [2.75, 3.05) is 6.54 Å². The molecule has 2 rings (SSSR count). The Hall–Kier alpha value is -2.09. The van der Waals surface area contributed by atoms with Crippen molar-refractivity contribution in [1.82, 2.24) is 5.32 Å². The number of rotatable bonds is 12. The molecule has 1 amide bonds. The Kier molecular flexibility index (Phi) is 9.68. The molecule has 2 heteroatoms. The first-order valence-corrected chi connectivity index (χ1v) is 10.5. The van der Waals surface area contributed by atoms with Gasteiger partial charge in [0.15, 0.2) is 0 Å². The summed E-state index contributed by atoms with van der Waals surface area (Å²) in [6.07, 6.45) is 7.38. The van der Waals surface area contributed by atoms with Gasteiger partial charge < -0.3 is 5.32 Å². The van der Waals surface area contributed by atoms with Crippen molar-refractivity contribution in [3.8, 4) is 0 Å². The molecular formula is C25H35NO. The van der Waals surface area contributed by atoms with Crippen LogP contribution < -0.4 is 5.32 Å². The second-order valence-electron chi connectivity index (χ2n) is 7.74. The van der Waals surface area contributed by atoms with E-state index in [1.807, 2.05) is 12.1 Å². The fourth-order valence-corrected chi connectivity index (χ4v) is 3.45. The van der Waals surface area contributed by atoms with Crippen molar-refractivity contribution >= 4 is 5.91 Å². The highest BCUT2D eigenvalue weighted by Gasteiger charge is 2.19. The van der Waals surface area contributed by atoms with E-state index < -0.39 is 0 Å². The zero-order chi connectivity index (χ0) is 19.3. The number of hydrogen-bond donors (Lipinski definition) is 1. The van der Waals surface area contributed by atoms with E-state index in [-0.39, 0.29) is 11.8 Å². The van der Waals surface area contributed by atoms with Crippen LogP contribution >= 0.6 is 0 Å². The molecule has 146 valence electrons. The summed E-state index contributed by atoms with van der Waals surface area (Å²) < 4.78 is 0. The first kappa shape index (κ1) is 21.2. The standard InChI is InChI=1S/C25H35NO/c1-3-4-11-21(2)20-26-25(27)24(18-16-22-12-7-5-8-13-22)19-17-23-14-9-6-10-15-23/h5-10,12-15,21,24H,3-4,11,16-20H2,1-2H3,(H,26,27)/t21-/m1/s1. The van der Waals surface area contributed by atoms with Crippen LogP contribution in [0.25, 0.3) is 0 Å². The molecule has 0 spiro atoms. The van der Waals surface area contributed by atoms with Crippen molar-refractivity contribution in [3.05, 3.63) is 71.8 Å². The molecule has 0 aliphatic carbocycles. The van der Waals surface area contributed by atoms with Crippen molar-refractivity contribution in [3.63, 3.8) is 0 Å². The maximum atomic E-state index is 12.9. The SMILES string of the molecule is CCCC[C@@H](C)CNC(=O)C(CCc1ccccc1)CCc1ccccc1. The molecule has 2 nitrogen and oxygen atoms in total. The molecule has 0 heterocycles. The minimum absolute atomic E-state index is 0.0730. The van der Waals surface area contributed by atoms with Gasteiger partial charge in [0.1, 0.15) is 0 Å². The second kappa shape index (κ2) is 12.3. The number of carbonyl (C=O) groups is 1. The fourth-order valence-electron chi connectivity index (χ4n) is 3.45. The van der Waals surface area contributed by atoms with Crippen LogP contribution in [0.2, 0.25) is 0 Å². The third kappa shape index (κ3) is 8.43. The largest absolute Gasteiger partial charge is 0.356 e. The number of amides is 1. The molecule has 1 atom stereocenters. The molecule has 2 aromatic carbocycles. The van der Waals surface area contributed by atoms with Gasteiger partial charge in [-0.15, -0.1) is 0 Å². The summed E-state index contributed by atoms with van der Waals surface area (Å²) in [4.78, 5) is 12.9. The molecule has 2 aromatic rings. The Labute approximate surface area is 165 Å². The Morgan fingerprint density at radius 1 is 0.852 bits per heavy atom. The Morgan fingerprint density at radius 2 is 1.37 bits per heavy atom. The van der Waals surface area contributed by atoms with Gasteiger partial charge in [-0.2, -0.15) is 0 Å². The molecule has 0 radical (unpaired) electrons. The highest BCUT2D eigenvalue weighted by atomic mass is 16.1. The van der Waals surface area contributed by atoms with Gasteiger partial charge in [-0.05, 0) is 49.1 Å². The van der Waals surface area contributed by atoms with Crippen LogP contribution in [0, 0.1) is 11.8 Å². The molecule has 0 bridgehead atoms. The van der Waals surface area contributed by atoms with Gasteiger partial charge in [0, 0.05) is 12.5 Å². The number of unbranched alkanes of at least 4 members (excludes halogenated alkanes) is 1. The summed E-state index contributed by atoms with van der Waals surface area (Å²) in [6.45, 7) is 5.25. The third-order valence-electron chi connectivity index (χ3n) is 5.29. The maximum absolute atomic E-state index is 12.9. The molecular weight excluding hydrogens is 330 g/mol. The van der Waals surface area contributed by atoms with E-state index in [2.05, 4.69) is 67.7 Å². The van der Waals surface area contributed by atoms with E-state index in [9.17, 15) is 4.79 Å². The van der Waals surface area contributed by atoms with Crippen LogP contribution in [-0.2, 0) is 17.6 Å². The number of nitrogens with one attached hydrogen (secondary N) is 1. The summed E-state index contributed by atoms with van der Waals surface area (Å²) in [6, 6.07) is 21.0. The van der Waals surface area contributed by atoms with Gasteiger partial charge in [-0.1, -0.05) is 87.4 Å². The molecule has 0 unspecified atom stereocenters. The summed E-state index contributed by atoms with van der Waals surface area (Å²) in [5.74, 6) is 0.854. The average Bonchev–Trinajstić information content (AvgIpc) is 2.72. The van der Waals surface area contributed by atoms with Gasteiger partial charge in [0.25, 0.3) is 0 Å². The van der Waals surface area contributed by atoms with Crippen LogP contribution in [0.3, 0.4) is 0 Å². The lowest BCUT2D eigenvalue weighted by molar-refractivity contribution is -0.125. The Balaban J connectivity index is 1.89. The minimum atomic E-state index is 0.0730. The first-order chi connectivity index (χ1) is 13.2. The monoisotopic (exact) mass is 365 g/mol. The topological polar surface area (TPSA) is 29.1 Å². The van der Waals surface area contributed by atoms with E-state index in [0.717, 1.165) is 32.2 Å². The molecule has 0 saturated carbocycles. The van der Waals surface area contributed by atoms with Gasteiger partial charge in [-0.25, -0.2) is 0 Å². The van der Waals surface area contributed by atoms with Gasteiger partial charge in [0.05, 0.1) is 0 Å². The Bertz CT molecular complexity index is 594. The van der Waals surface area contributed by atoms with Gasteiger partial charge in [0.2, 0.25) is 5.91 Å². The van der Waals surface area contributed by atoms with Crippen molar-refractivity contribution < 1.29 is 4.79 Å².